The first-order chi connectivity index (χ1) is 12.6. The van der Waals surface area contributed by atoms with Crippen LogP contribution in [0.5, 0.6) is 5.75 Å². The van der Waals surface area contributed by atoms with Crippen molar-refractivity contribution in [3.05, 3.63) is 29.8 Å². The highest BCUT2D eigenvalue weighted by Gasteiger charge is 2.51. The summed E-state index contributed by atoms with van der Waals surface area (Å²) in [4.78, 5) is 0. The Kier molecular flexibility index (Phi) is 5.32. The molecule has 0 saturated heterocycles. The van der Waals surface area contributed by atoms with Gasteiger partial charge in [0.25, 0.3) is 0 Å². The maximum absolute atomic E-state index is 6.34. The van der Waals surface area contributed by atoms with E-state index >= 15 is 0 Å². The van der Waals surface area contributed by atoms with Crippen molar-refractivity contribution in [2.45, 2.75) is 84.3 Å². The molecule has 4 aliphatic rings. The Bertz CT molecular complexity index is 555. The molecule has 2 heteroatoms. The van der Waals surface area contributed by atoms with Crippen LogP contribution in [0.1, 0.15) is 83.6 Å². The monoisotopic (exact) mass is 356 g/mol. The van der Waals surface area contributed by atoms with Crippen LogP contribution >= 0.6 is 0 Å². The maximum Gasteiger partial charge on any atom is 0.200 e. The molecule has 2 unspecified atom stereocenters. The van der Waals surface area contributed by atoms with Crippen LogP contribution in [0, 0.1) is 23.2 Å². The molecular formula is C24H36O2. The molecule has 0 aromatic heterocycles. The molecule has 0 N–H and O–H groups in total. The van der Waals surface area contributed by atoms with Gasteiger partial charge in [-0.3, -0.25) is 0 Å². The fourth-order valence-electron chi connectivity index (χ4n) is 6.48. The first-order valence-electron chi connectivity index (χ1n) is 11.0. The van der Waals surface area contributed by atoms with Crippen molar-refractivity contribution in [3.8, 4) is 5.75 Å². The molecule has 1 aromatic rings. The zero-order valence-electron chi connectivity index (χ0n) is 16.9. The third-order valence-corrected chi connectivity index (χ3v) is 7.45. The van der Waals surface area contributed by atoms with Gasteiger partial charge in [0.2, 0.25) is 0 Å². The van der Waals surface area contributed by atoms with Gasteiger partial charge in [-0.05, 0) is 98.7 Å². The highest BCUT2D eigenvalue weighted by Crippen LogP contribution is 2.61. The van der Waals surface area contributed by atoms with Gasteiger partial charge in [0.05, 0.1) is 0 Å². The molecular weight excluding hydrogens is 320 g/mol. The van der Waals surface area contributed by atoms with Crippen LogP contribution in [0.25, 0.3) is 0 Å². The van der Waals surface area contributed by atoms with E-state index in [0.29, 0.717) is 11.3 Å². The summed E-state index contributed by atoms with van der Waals surface area (Å²) >= 11 is 0. The molecule has 1 aromatic carbocycles. The lowest BCUT2D eigenvalue weighted by Crippen LogP contribution is -2.48. The minimum Gasteiger partial charge on any atom is -0.465 e. The summed E-state index contributed by atoms with van der Waals surface area (Å²) in [7, 11) is 0. The largest absolute Gasteiger partial charge is 0.465 e. The van der Waals surface area contributed by atoms with E-state index in [1.165, 1.54) is 50.5 Å². The molecule has 26 heavy (non-hydrogen) atoms. The molecule has 0 amide bonds. The zero-order valence-corrected chi connectivity index (χ0v) is 16.9. The van der Waals surface area contributed by atoms with Crippen LogP contribution in [0.15, 0.2) is 24.3 Å². The molecule has 144 valence electrons. The van der Waals surface area contributed by atoms with Crippen LogP contribution in [0.2, 0.25) is 0 Å². The number of hydrogen-bond acceptors (Lipinski definition) is 2. The van der Waals surface area contributed by atoms with Crippen molar-refractivity contribution in [2.24, 2.45) is 23.2 Å². The van der Waals surface area contributed by atoms with Crippen molar-refractivity contribution < 1.29 is 9.47 Å². The van der Waals surface area contributed by atoms with Gasteiger partial charge in [0.15, 0.2) is 6.29 Å². The van der Waals surface area contributed by atoms with E-state index in [0.717, 1.165) is 36.5 Å². The van der Waals surface area contributed by atoms with Crippen molar-refractivity contribution in [1.29, 1.82) is 0 Å². The highest BCUT2D eigenvalue weighted by atomic mass is 16.7. The second kappa shape index (κ2) is 7.54. The maximum atomic E-state index is 6.34. The molecule has 4 fully saturated rings. The average molecular weight is 357 g/mol. The van der Waals surface area contributed by atoms with Gasteiger partial charge in [-0.15, -0.1) is 0 Å². The van der Waals surface area contributed by atoms with Gasteiger partial charge >= 0.3 is 0 Å². The number of ether oxygens (including phenoxy) is 2. The average Bonchev–Trinajstić information content (AvgIpc) is 2.60. The van der Waals surface area contributed by atoms with Crippen molar-refractivity contribution in [3.63, 3.8) is 0 Å². The van der Waals surface area contributed by atoms with Crippen LogP contribution in [-0.2, 0) is 4.74 Å². The fourth-order valence-corrected chi connectivity index (χ4v) is 6.48. The summed E-state index contributed by atoms with van der Waals surface area (Å²) in [5.74, 6) is 4.52. The number of rotatable bonds is 8. The summed E-state index contributed by atoms with van der Waals surface area (Å²) in [6.07, 6.45) is 10.9. The van der Waals surface area contributed by atoms with Gasteiger partial charge in [0.1, 0.15) is 5.75 Å². The Morgan fingerprint density at radius 1 is 0.962 bits per heavy atom. The third kappa shape index (κ3) is 3.81. The van der Waals surface area contributed by atoms with Crippen molar-refractivity contribution >= 4 is 0 Å². The lowest BCUT2D eigenvalue weighted by molar-refractivity contribution is -0.140. The topological polar surface area (TPSA) is 18.5 Å². The summed E-state index contributed by atoms with van der Waals surface area (Å²) in [6, 6.07) is 8.70. The van der Waals surface area contributed by atoms with E-state index < -0.39 is 0 Å². The number of hydrogen-bond donors (Lipinski definition) is 0. The summed E-state index contributed by atoms with van der Waals surface area (Å²) in [6.45, 7) is 7.33. The Labute approximate surface area is 159 Å². The Morgan fingerprint density at radius 3 is 2.04 bits per heavy atom. The van der Waals surface area contributed by atoms with Crippen LogP contribution < -0.4 is 4.74 Å². The van der Waals surface area contributed by atoms with E-state index in [2.05, 4.69) is 45.0 Å². The number of benzene rings is 1. The van der Waals surface area contributed by atoms with Gasteiger partial charge < -0.3 is 9.47 Å². The first-order valence-corrected chi connectivity index (χ1v) is 11.0. The van der Waals surface area contributed by atoms with Crippen molar-refractivity contribution in [1.82, 2.24) is 0 Å². The molecule has 0 aliphatic heterocycles. The van der Waals surface area contributed by atoms with Crippen LogP contribution in [0.3, 0.4) is 0 Å². The van der Waals surface area contributed by atoms with E-state index in [4.69, 9.17) is 9.47 Å². The summed E-state index contributed by atoms with van der Waals surface area (Å²) in [5.41, 5.74) is 1.89. The van der Waals surface area contributed by atoms with Crippen LogP contribution in [-0.4, -0.2) is 12.9 Å². The second-order valence-electron chi connectivity index (χ2n) is 9.50. The minimum atomic E-state index is -0.0919. The SMILES string of the molecule is CCOC(CC12CC3CC(CC(C3)C1)C2)Oc1ccc(C(C)CC)cc1. The molecule has 5 rings (SSSR count). The van der Waals surface area contributed by atoms with E-state index in [1.807, 2.05) is 0 Å². The molecule has 4 aliphatic carbocycles. The predicted molar refractivity (Wildman–Crippen MR) is 106 cm³/mol. The predicted octanol–water partition coefficient (Wildman–Crippen LogP) is 6.55. The second-order valence-corrected chi connectivity index (χ2v) is 9.50. The van der Waals surface area contributed by atoms with Crippen LogP contribution in [0.4, 0.5) is 0 Å². The molecule has 0 radical (unpaired) electrons. The lowest BCUT2D eigenvalue weighted by atomic mass is 9.49. The van der Waals surface area contributed by atoms with E-state index in [-0.39, 0.29) is 6.29 Å². The standard InChI is InChI=1S/C24H36O2/c1-4-17(3)21-6-8-22(9-7-21)26-23(25-5-2)16-24-13-18-10-19(14-24)12-20(11-18)15-24/h6-9,17-20,23H,4-5,10-16H2,1-3H3. The Balaban J connectivity index is 1.43. The minimum absolute atomic E-state index is 0.0919. The quantitative estimate of drug-likeness (QED) is 0.492. The van der Waals surface area contributed by atoms with E-state index in [9.17, 15) is 0 Å². The normalized spacial score (nSPS) is 34.7. The van der Waals surface area contributed by atoms with E-state index in [1.54, 1.807) is 0 Å². The Morgan fingerprint density at radius 2 is 1.54 bits per heavy atom. The molecule has 0 spiro atoms. The molecule has 4 bridgehead atoms. The van der Waals surface area contributed by atoms with Gasteiger partial charge in [-0.25, -0.2) is 0 Å². The lowest BCUT2D eigenvalue weighted by Gasteiger charge is -2.57. The van der Waals surface area contributed by atoms with Gasteiger partial charge in [0, 0.05) is 13.0 Å². The van der Waals surface area contributed by atoms with Crippen molar-refractivity contribution in [2.75, 3.05) is 6.61 Å². The fraction of sp³-hybridized carbons (Fsp3) is 0.750. The zero-order chi connectivity index (χ0) is 18.1. The van der Waals surface area contributed by atoms with Gasteiger partial charge in [-0.1, -0.05) is 26.0 Å². The third-order valence-electron chi connectivity index (χ3n) is 7.45. The first kappa shape index (κ1) is 18.3. The molecule has 0 heterocycles. The van der Waals surface area contributed by atoms with Gasteiger partial charge in [-0.2, -0.15) is 0 Å². The summed E-state index contributed by atoms with van der Waals surface area (Å²) < 4.78 is 12.4. The molecule has 2 atom stereocenters. The Hall–Kier alpha value is -1.02. The molecule has 4 saturated carbocycles. The molecule has 2 nitrogen and oxygen atoms in total. The smallest absolute Gasteiger partial charge is 0.200 e. The summed E-state index contributed by atoms with van der Waals surface area (Å²) in [5, 5.41) is 0. The highest BCUT2D eigenvalue weighted by molar-refractivity contribution is 5.29.